The Balaban J connectivity index is 1.66. The van der Waals surface area contributed by atoms with Crippen LogP contribution in [0.3, 0.4) is 0 Å². The number of aliphatic imine (C=N–C) groups is 1. The summed E-state index contributed by atoms with van der Waals surface area (Å²) in [5.41, 5.74) is 0. The second kappa shape index (κ2) is 8.69. The molecule has 0 spiro atoms. The highest BCUT2D eigenvalue weighted by Gasteiger charge is 2.00. The first kappa shape index (κ1) is 15.9. The van der Waals surface area contributed by atoms with Crippen molar-refractivity contribution < 1.29 is 4.74 Å². The fourth-order valence-electron chi connectivity index (χ4n) is 1.69. The van der Waals surface area contributed by atoms with E-state index in [0.29, 0.717) is 13.2 Å². The second-order valence-corrected chi connectivity index (χ2v) is 6.77. The Morgan fingerprint density at radius 2 is 2.00 bits per heavy atom. The number of thiophene rings is 1. The van der Waals surface area contributed by atoms with Crippen molar-refractivity contribution in [3.8, 4) is 5.75 Å². The monoisotopic (exact) mass is 367 g/mol. The van der Waals surface area contributed by atoms with E-state index >= 15 is 0 Å². The van der Waals surface area contributed by atoms with Gasteiger partial charge in [-0.3, -0.25) is 4.99 Å². The van der Waals surface area contributed by atoms with Crippen LogP contribution >= 0.6 is 27.3 Å². The summed E-state index contributed by atoms with van der Waals surface area (Å²) >= 11 is 5.17. The normalized spacial score (nSPS) is 11.2. The largest absolute Gasteiger partial charge is 0.492 e. The lowest BCUT2D eigenvalue weighted by Gasteiger charge is -2.11. The van der Waals surface area contributed by atoms with Gasteiger partial charge in [0.15, 0.2) is 5.96 Å². The molecule has 2 aromatic rings. The van der Waals surface area contributed by atoms with Crippen LogP contribution in [0.2, 0.25) is 0 Å². The van der Waals surface area contributed by atoms with Gasteiger partial charge in [0.05, 0.1) is 16.9 Å². The highest BCUT2D eigenvalue weighted by Crippen LogP contribution is 2.21. The molecule has 0 amide bonds. The number of benzene rings is 1. The lowest BCUT2D eigenvalue weighted by atomic mass is 10.3. The fourth-order valence-corrected chi connectivity index (χ4v) is 3.12. The standard InChI is InChI=1S/C15H18BrN3OS/c1-17-15(19-11-13-7-8-14(16)21-13)18-9-10-20-12-5-3-2-4-6-12/h2-8H,9-11H2,1H3,(H2,17,18,19). The molecule has 1 aromatic carbocycles. The predicted molar refractivity (Wildman–Crippen MR) is 92.2 cm³/mol. The average Bonchev–Trinajstić information content (AvgIpc) is 2.93. The molecule has 0 fully saturated rings. The van der Waals surface area contributed by atoms with Crippen molar-refractivity contribution in [1.29, 1.82) is 0 Å². The van der Waals surface area contributed by atoms with Crippen molar-refractivity contribution in [2.75, 3.05) is 20.2 Å². The van der Waals surface area contributed by atoms with Gasteiger partial charge in [-0.15, -0.1) is 11.3 Å². The minimum atomic E-state index is 0.593. The van der Waals surface area contributed by atoms with E-state index in [1.165, 1.54) is 4.88 Å². The summed E-state index contributed by atoms with van der Waals surface area (Å²) in [4.78, 5) is 5.44. The number of hydrogen-bond donors (Lipinski definition) is 2. The van der Waals surface area contributed by atoms with Gasteiger partial charge < -0.3 is 15.4 Å². The molecule has 0 aliphatic carbocycles. The Labute approximate surface area is 137 Å². The Kier molecular flexibility index (Phi) is 6.56. The molecule has 0 aliphatic rings. The van der Waals surface area contributed by atoms with Gasteiger partial charge >= 0.3 is 0 Å². The maximum atomic E-state index is 5.62. The van der Waals surface area contributed by atoms with Gasteiger partial charge in [0.25, 0.3) is 0 Å². The number of nitrogens with zero attached hydrogens (tertiary/aromatic N) is 1. The van der Waals surface area contributed by atoms with E-state index < -0.39 is 0 Å². The number of guanidine groups is 1. The Morgan fingerprint density at radius 3 is 2.67 bits per heavy atom. The third kappa shape index (κ3) is 5.77. The first-order chi connectivity index (χ1) is 10.3. The number of halogens is 1. The van der Waals surface area contributed by atoms with Crippen molar-refractivity contribution in [1.82, 2.24) is 10.6 Å². The summed E-state index contributed by atoms with van der Waals surface area (Å²) in [6.45, 7) is 2.05. The lowest BCUT2D eigenvalue weighted by molar-refractivity contribution is 0.322. The summed E-state index contributed by atoms with van der Waals surface area (Å²) in [5, 5.41) is 6.49. The Morgan fingerprint density at radius 1 is 1.19 bits per heavy atom. The molecule has 1 aromatic heterocycles. The van der Waals surface area contributed by atoms with E-state index in [2.05, 4.69) is 37.6 Å². The summed E-state index contributed by atoms with van der Waals surface area (Å²) in [6, 6.07) is 13.9. The van der Waals surface area contributed by atoms with Crippen LogP contribution in [0.4, 0.5) is 0 Å². The van der Waals surface area contributed by atoms with Crippen molar-refractivity contribution in [3.63, 3.8) is 0 Å². The highest BCUT2D eigenvalue weighted by atomic mass is 79.9. The minimum Gasteiger partial charge on any atom is -0.492 e. The quantitative estimate of drug-likeness (QED) is 0.467. The van der Waals surface area contributed by atoms with E-state index in [0.717, 1.165) is 22.0 Å². The third-order valence-electron chi connectivity index (χ3n) is 2.69. The summed E-state index contributed by atoms with van der Waals surface area (Å²) < 4.78 is 6.76. The van der Waals surface area contributed by atoms with Crippen LogP contribution in [-0.4, -0.2) is 26.2 Å². The van der Waals surface area contributed by atoms with E-state index in [1.54, 1.807) is 18.4 Å². The molecule has 0 radical (unpaired) electrons. The summed E-state index contributed by atoms with van der Waals surface area (Å²) in [6.07, 6.45) is 0. The van der Waals surface area contributed by atoms with Crippen LogP contribution in [0.5, 0.6) is 5.75 Å². The molecular formula is C15H18BrN3OS. The Bertz CT molecular complexity index is 571. The molecule has 0 bridgehead atoms. The smallest absolute Gasteiger partial charge is 0.191 e. The van der Waals surface area contributed by atoms with Gasteiger partial charge in [0.2, 0.25) is 0 Å². The van der Waals surface area contributed by atoms with Crippen LogP contribution in [0, 0.1) is 0 Å². The van der Waals surface area contributed by atoms with Crippen LogP contribution in [-0.2, 0) is 6.54 Å². The third-order valence-corrected chi connectivity index (χ3v) is 4.31. The van der Waals surface area contributed by atoms with Crippen LogP contribution < -0.4 is 15.4 Å². The van der Waals surface area contributed by atoms with E-state index in [4.69, 9.17) is 4.74 Å². The molecule has 4 nitrogen and oxygen atoms in total. The lowest BCUT2D eigenvalue weighted by Crippen LogP contribution is -2.38. The molecule has 21 heavy (non-hydrogen) atoms. The number of para-hydroxylation sites is 1. The molecule has 6 heteroatoms. The molecule has 0 unspecified atom stereocenters. The van der Waals surface area contributed by atoms with Crippen molar-refractivity contribution in [2.45, 2.75) is 6.54 Å². The van der Waals surface area contributed by atoms with Crippen LogP contribution in [0.25, 0.3) is 0 Å². The average molecular weight is 368 g/mol. The molecular weight excluding hydrogens is 350 g/mol. The molecule has 0 aliphatic heterocycles. The number of ether oxygens (including phenoxy) is 1. The van der Waals surface area contributed by atoms with Gasteiger partial charge in [0, 0.05) is 11.9 Å². The zero-order chi connectivity index (χ0) is 14.9. The summed E-state index contributed by atoms with van der Waals surface area (Å²) in [7, 11) is 1.76. The SMILES string of the molecule is CN=C(NCCOc1ccccc1)NCc1ccc(Br)s1. The number of rotatable bonds is 6. The first-order valence-electron chi connectivity index (χ1n) is 6.64. The van der Waals surface area contributed by atoms with E-state index in [1.807, 2.05) is 36.4 Å². The van der Waals surface area contributed by atoms with Crippen molar-refractivity contribution in [3.05, 3.63) is 51.1 Å². The molecule has 0 atom stereocenters. The van der Waals surface area contributed by atoms with Crippen molar-refractivity contribution >= 4 is 33.2 Å². The molecule has 0 saturated heterocycles. The zero-order valence-electron chi connectivity index (χ0n) is 11.8. The van der Waals surface area contributed by atoms with Crippen LogP contribution in [0.15, 0.2) is 51.2 Å². The van der Waals surface area contributed by atoms with E-state index in [-0.39, 0.29) is 0 Å². The predicted octanol–water partition coefficient (Wildman–Crippen LogP) is 3.25. The maximum absolute atomic E-state index is 5.62. The minimum absolute atomic E-state index is 0.593. The maximum Gasteiger partial charge on any atom is 0.191 e. The van der Waals surface area contributed by atoms with Gasteiger partial charge in [-0.2, -0.15) is 0 Å². The fraction of sp³-hybridized carbons (Fsp3) is 0.267. The Hall–Kier alpha value is -1.53. The first-order valence-corrected chi connectivity index (χ1v) is 8.25. The summed E-state index contributed by atoms with van der Waals surface area (Å²) in [5.74, 6) is 1.65. The molecule has 0 saturated carbocycles. The number of hydrogen-bond acceptors (Lipinski definition) is 3. The molecule has 1 heterocycles. The molecule has 2 rings (SSSR count). The van der Waals surface area contributed by atoms with Crippen LogP contribution in [0.1, 0.15) is 4.88 Å². The van der Waals surface area contributed by atoms with Gasteiger partial charge in [-0.05, 0) is 40.2 Å². The van der Waals surface area contributed by atoms with Gasteiger partial charge in [-0.1, -0.05) is 18.2 Å². The zero-order valence-corrected chi connectivity index (χ0v) is 14.2. The topological polar surface area (TPSA) is 45.7 Å². The second-order valence-electron chi connectivity index (χ2n) is 4.22. The van der Waals surface area contributed by atoms with Gasteiger partial charge in [-0.25, -0.2) is 0 Å². The van der Waals surface area contributed by atoms with Gasteiger partial charge in [0.1, 0.15) is 12.4 Å². The molecule has 112 valence electrons. The number of nitrogens with one attached hydrogen (secondary N) is 2. The van der Waals surface area contributed by atoms with E-state index in [9.17, 15) is 0 Å². The molecule has 2 N–H and O–H groups in total. The van der Waals surface area contributed by atoms with Crippen molar-refractivity contribution in [2.24, 2.45) is 4.99 Å². The highest BCUT2D eigenvalue weighted by molar-refractivity contribution is 9.11.